The number of benzene rings is 1. The van der Waals surface area contributed by atoms with Crippen molar-refractivity contribution in [2.75, 3.05) is 0 Å². The van der Waals surface area contributed by atoms with Gasteiger partial charge in [0, 0.05) is 10.9 Å². The van der Waals surface area contributed by atoms with E-state index in [-0.39, 0.29) is 5.82 Å². The third-order valence-corrected chi connectivity index (χ3v) is 2.49. The van der Waals surface area contributed by atoms with Crippen molar-refractivity contribution in [3.05, 3.63) is 52.5 Å². The van der Waals surface area contributed by atoms with Gasteiger partial charge in [0.2, 0.25) is 0 Å². The number of ether oxygens (including phenoxy) is 1. The first-order chi connectivity index (χ1) is 6.84. The first-order valence-electron chi connectivity index (χ1n) is 4.16. The third-order valence-electron chi connectivity index (χ3n) is 1.70. The fraction of sp³-hybridized carbons (Fsp3) is 0.0909. The van der Waals surface area contributed by atoms with E-state index in [1.807, 2.05) is 11.4 Å². The maximum atomic E-state index is 12.7. The molecule has 2 aromatic rings. The highest BCUT2D eigenvalue weighted by molar-refractivity contribution is 7.09. The quantitative estimate of drug-likeness (QED) is 0.750. The molecule has 0 bridgehead atoms. The van der Waals surface area contributed by atoms with Crippen molar-refractivity contribution in [3.8, 4) is 5.75 Å². The maximum absolute atomic E-state index is 12.7. The number of halogens is 1. The van der Waals surface area contributed by atoms with Crippen LogP contribution in [0.4, 0.5) is 4.39 Å². The molecule has 0 atom stereocenters. The minimum atomic E-state index is -0.278. The first-order valence-corrected chi connectivity index (χ1v) is 5.04. The van der Waals surface area contributed by atoms with Crippen molar-refractivity contribution < 1.29 is 9.13 Å². The Morgan fingerprint density at radius 3 is 3.07 bits per heavy atom. The Kier molecular flexibility index (Phi) is 2.79. The van der Waals surface area contributed by atoms with Gasteiger partial charge in [-0.25, -0.2) is 4.39 Å². The zero-order valence-electron chi connectivity index (χ0n) is 7.37. The Labute approximate surface area is 85.8 Å². The Hall–Kier alpha value is -1.35. The summed E-state index contributed by atoms with van der Waals surface area (Å²) in [6.45, 7) is 0.470. The lowest BCUT2D eigenvalue weighted by Crippen LogP contribution is -1.92. The van der Waals surface area contributed by atoms with Gasteiger partial charge in [-0.2, -0.15) is 0 Å². The van der Waals surface area contributed by atoms with E-state index in [1.165, 1.54) is 12.1 Å². The molecule has 2 rings (SSSR count). The molecule has 0 aliphatic rings. The summed E-state index contributed by atoms with van der Waals surface area (Å²) in [7, 11) is 0. The fourth-order valence-corrected chi connectivity index (χ4v) is 1.61. The summed E-state index contributed by atoms with van der Waals surface area (Å²) in [5.74, 6) is 0.277. The second kappa shape index (κ2) is 4.24. The van der Waals surface area contributed by atoms with Crippen LogP contribution in [0.5, 0.6) is 5.75 Å². The van der Waals surface area contributed by atoms with Crippen LogP contribution in [0.1, 0.15) is 4.88 Å². The summed E-state index contributed by atoms with van der Waals surface area (Å²) in [5.41, 5.74) is 0. The SMILES string of the molecule is Fc1cccc(OCc2c[c]cs2)c1. The molecule has 0 N–H and O–H groups in total. The van der Waals surface area contributed by atoms with Crippen LogP contribution in [0, 0.1) is 11.9 Å². The number of rotatable bonds is 3. The van der Waals surface area contributed by atoms with Gasteiger partial charge < -0.3 is 4.74 Å². The van der Waals surface area contributed by atoms with Crippen molar-refractivity contribution in [2.24, 2.45) is 0 Å². The van der Waals surface area contributed by atoms with Crippen LogP contribution in [0.2, 0.25) is 0 Å². The minimum Gasteiger partial charge on any atom is -0.488 e. The van der Waals surface area contributed by atoms with Gasteiger partial charge in [-0.15, -0.1) is 11.3 Å². The molecule has 1 heterocycles. The predicted molar refractivity (Wildman–Crippen MR) is 53.9 cm³/mol. The largest absolute Gasteiger partial charge is 0.488 e. The van der Waals surface area contributed by atoms with Gasteiger partial charge in [-0.3, -0.25) is 0 Å². The van der Waals surface area contributed by atoms with E-state index in [4.69, 9.17) is 4.74 Å². The monoisotopic (exact) mass is 207 g/mol. The predicted octanol–water partition coefficient (Wildman–Crippen LogP) is 3.27. The highest BCUT2D eigenvalue weighted by Crippen LogP contribution is 2.15. The Balaban J connectivity index is 1.98. The van der Waals surface area contributed by atoms with Gasteiger partial charge >= 0.3 is 0 Å². The average molecular weight is 207 g/mol. The Morgan fingerprint density at radius 2 is 2.36 bits per heavy atom. The number of hydrogen-bond acceptors (Lipinski definition) is 2. The van der Waals surface area contributed by atoms with Crippen LogP contribution < -0.4 is 4.74 Å². The maximum Gasteiger partial charge on any atom is 0.126 e. The Bertz CT molecular complexity index is 397. The van der Waals surface area contributed by atoms with Crippen LogP contribution in [0.15, 0.2) is 35.7 Å². The molecule has 14 heavy (non-hydrogen) atoms. The molecule has 1 aromatic heterocycles. The van der Waals surface area contributed by atoms with Gasteiger partial charge in [0.05, 0.1) is 0 Å². The van der Waals surface area contributed by atoms with Crippen LogP contribution in [-0.4, -0.2) is 0 Å². The second-order valence-corrected chi connectivity index (χ2v) is 3.75. The average Bonchev–Trinajstić information content (AvgIpc) is 2.67. The summed E-state index contributed by atoms with van der Waals surface area (Å²) in [6, 6.07) is 10.9. The van der Waals surface area contributed by atoms with Crippen LogP contribution in [0.3, 0.4) is 0 Å². The first kappa shape index (κ1) is 9.21. The van der Waals surface area contributed by atoms with Crippen molar-refractivity contribution in [2.45, 2.75) is 6.61 Å². The van der Waals surface area contributed by atoms with Crippen molar-refractivity contribution in [1.29, 1.82) is 0 Å². The van der Waals surface area contributed by atoms with E-state index < -0.39 is 0 Å². The highest BCUT2D eigenvalue weighted by atomic mass is 32.1. The highest BCUT2D eigenvalue weighted by Gasteiger charge is 1.97. The summed E-state index contributed by atoms with van der Waals surface area (Å²) in [5, 5.41) is 1.87. The molecule has 0 spiro atoms. The molecular weight excluding hydrogens is 199 g/mol. The molecule has 0 aliphatic carbocycles. The minimum absolute atomic E-state index is 0.278. The molecule has 1 nitrogen and oxygen atoms in total. The molecule has 3 heteroatoms. The normalized spacial score (nSPS) is 10.1. The van der Waals surface area contributed by atoms with Crippen LogP contribution in [0.25, 0.3) is 0 Å². The van der Waals surface area contributed by atoms with Crippen molar-refractivity contribution in [3.63, 3.8) is 0 Å². The smallest absolute Gasteiger partial charge is 0.126 e. The molecule has 0 saturated carbocycles. The molecule has 1 aromatic carbocycles. The van der Waals surface area contributed by atoms with E-state index in [1.54, 1.807) is 23.5 Å². The molecule has 0 aliphatic heterocycles. The molecule has 0 amide bonds. The zero-order chi connectivity index (χ0) is 9.80. The topological polar surface area (TPSA) is 9.23 Å². The molecule has 0 saturated heterocycles. The van der Waals surface area contributed by atoms with E-state index in [0.29, 0.717) is 12.4 Å². The fourth-order valence-electron chi connectivity index (χ4n) is 1.06. The third kappa shape index (κ3) is 2.33. The lowest BCUT2D eigenvalue weighted by Gasteiger charge is -2.03. The van der Waals surface area contributed by atoms with Gasteiger partial charge in [-0.1, -0.05) is 6.07 Å². The summed E-state index contributed by atoms with van der Waals surface area (Å²) in [6.07, 6.45) is 0. The summed E-state index contributed by atoms with van der Waals surface area (Å²) >= 11 is 1.57. The number of hydrogen-bond donors (Lipinski definition) is 0. The van der Waals surface area contributed by atoms with Gasteiger partial charge in [0.1, 0.15) is 18.2 Å². The molecule has 0 unspecified atom stereocenters. The lowest BCUT2D eigenvalue weighted by molar-refractivity contribution is 0.308. The molecule has 0 fully saturated rings. The zero-order valence-corrected chi connectivity index (χ0v) is 8.18. The van der Waals surface area contributed by atoms with E-state index in [0.717, 1.165) is 4.88 Å². The van der Waals surface area contributed by atoms with Crippen LogP contribution in [-0.2, 0) is 6.61 Å². The summed E-state index contributed by atoms with van der Waals surface area (Å²) < 4.78 is 18.1. The molecule has 71 valence electrons. The number of thiophene rings is 1. The van der Waals surface area contributed by atoms with Gasteiger partial charge in [0.15, 0.2) is 0 Å². The van der Waals surface area contributed by atoms with Gasteiger partial charge in [-0.05, 0) is 29.6 Å². The Morgan fingerprint density at radius 1 is 1.43 bits per heavy atom. The summed E-state index contributed by atoms with van der Waals surface area (Å²) in [4.78, 5) is 1.08. The second-order valence-electron chi connectivity index (χ2n) is 2.76. The van der Waals surface area contributed by atoms with Crippen molar-refractivity contribution >= 4 is 11.3 Å². The lowest BCUT2D eigenvalue weighted by atomic mass is 10.3. The van der Waals surface area contributed by atoms with Gasteiger partial charge in [0.25, 0.3) is 0 Å². The van der Waals surface area contributed by atoms with E-state index >= 15 is 0 Å². The molecular formula is C11H8FOS. The van der Waals surface area contributed by atoms with E-state index in [2.05, 4.69) is 6.07 Å². The standard InChI is InChI=1S/C11H8FOS/c12-9-3-1-4-10(7-9)13-8-11-5-2-6-14-11/h1,3-7H,8H2. The van der Waals surface area contributed by atoms with Crippen LogP contribution >= 0.6 is 11.3 Å². The van der Waals surface area contributed by atoms with E-state index in [9.17, 15) is 4.39 Å². The van der Waals surface area contributed by atoms with Crippen molar-refractivity contribution in [1.82, 2.24) is 0 Å². The molecule has 1 radical (unpaired) electrons.